The zero-order chi connectivity index (χ0) is 20.3. The molecule has 0 saturated carbocycles. The molecule has 0 aliphatic carbocycles. The van der Waals surface area contributed by atoms with Crippen LogP contribution in [0.2, 0.25) is 0 Å². The molecule has 1 N–H and O–H groups in total. The number of aromatic nitrogens is 1. The molecule has 2 aromatic rings. The van der Waals surface area contributed by atoms with E-state index in [4.69, 9.17) is 9.84 Å². The molecule has 1 aromatic heterocycles. The fraction of sp³-hybridized carbons (Fsp3) is 0.333. The first-order valence-electron chi connectivity index (χ1n) is 9.66. The van der Waals surface area contributed by atoms with E-state index in [-0.39, 0.29) is 12.5 Å². The molecule has 1 aliphatic rings. The van der Waals surface area contributed by atoms with Crippen LogP contribution in [-0.2, 0) is 17.6 Å². The van der Waals surface area contributed by atoms with E-state index in [1.807, 2.05) is 12.1 Å². The van der Waals surface area contributed by atoms with Crippen molar-refractivity contribution in [1.29, 1.82) is 0 Å². The van der Waals surface area contributed by atoms with Gasteiger partial charge in [-0.3, -0.25) is 9.78 Å². The first kappa shape index (κ1) is 19.9. The maximum Gasteiger partial charge on any atom is 0.303 e. The maximum atomic E-state index is 10.7. The van der Waals surface area contributed by atoms with Crippen molar-refractivity contribution < 1.29 is 14.6 Å². The largest absolute Gasteiger partial charge is 0.484 e. The summed E-state index contributed by atoms with van der Waals surface area (Å²) < 4.78 is 6.15. The van der Waals surface area contributed by atoms with Gasteiger partial charge in [0.1, 0.15) is 11.9 Å². The molecule has 4 heteroatoms. The first-order valence-corrected chi connectivity index (χ1v) is 9.66. The number of carboxylic acids is 1. The Labute approximate surface area is 166 Å². The fourth-order valence-electron chi connectivity index (χ4n) is 3.82. The lowest BCUT2D eigenvalue weighted by Crippen LogP contribution is -2.24. The van der Waals surface area contributed by atoms with E-state index in [1.54, 1.807) is 0 Å². The number of pyridine rings is 1. The minimum atomic E-state index is -0.807. The number of ether oxygens (including phenoxy) is 1. The molecular formula is C24H27NO3. The number of rotatable bonds is 6. The van der Waals surface area contributed by atoms with Gasteiger partial charge in [-0.05, 0) is 73.6 Å². The Morgan fingerprint density at radius 2 is 2.00 bits per heavy atom. The molecule has 0 fully saturated rings. The smallest absolute Gasteiger partial charge is 0.303 e. The summed E-state index contributed by atoms with van der Waals surface area (Å²) in [6.45, 7) is 10.6. The van der Waals surface area contributed by atoms with Gasteiger partial charge in [0.15, 0.2) is 0 Å². The van der Waals surface area contributed by atoms with Crippen LogP contribution in [0.1, 0.15) is 47.8 Å². The Kier molecular flexibility index (Phi) is 5.98. The van der Waals surface area contributed by atoms with Gasteiger partial charge in [0, 0.05) is 12.1 Å². The molecule has 2 heterocycles. The van der Waals surface area contributed by atoms with Gasteiger partial charge in [0.25, 0.3) is 0 Å². The van der Waals surface area contributed by atoms with Gasteiger partial charge in [0.2, 0.25) is 0 Å². The van der Waals surface area contributed by atoms with Crippen LogP contribution in [0.3, 0.4) is 0 Å². The summed E-state index contributed by atoms with van der Waals surface area (Å²) in [5, 5.41) is 8.83. The number of allylic oxidation sites excluding steroid dienone is 1. The van der Waals surface area contributed by atoms with Crippen LogP contribution in [0.4, 0.5) is 0 Å². The Morgan fingerprint density at radius 3 is 2.68 bits per heavy atom. The van der Waals surface area contributed by atoms with Gasteiger partial charge in [0.05, 0.1) is 12.1 Å². The number of carbonyl (C=O) groups is 1. The minimum Gasteiger partial charge on any atom is -0.484 e. The second-order valence-electron chi connectivity index (χ2n) is 7.46. The quantitative estimate of drug-likeness (QED) is 0.714. The van der Waals surface area contributed by atoms with Crippen LogP contribution >= 0.6 is 0 Å². The summed E-state index contributed by atoms with van der Waals surface area (Å²) in [6.07, 6.45) is 4.21. The van der Waals surface area contributed by atoms with Crippen LogP contribution in [0.25, 0.3) is 5.57 Å². The van der Waals surface area contributed by atoms with Gasteiger partial charge in [-0.25, -0.2) is 0 Å². The zero-order valence-electron chi connectivity index (χ0n) is 16.8. The molecule has 1 aromatic carbocycles. The third-order valence-corrected chi connectivity index (χ3v) is 5.19. The third-order valence-electron chi connectivity index (χ3n) is 5.19. The number of nitrogens with zero attached hydrogens (tertiary/aromatic N) is 1. The van der Waals surface area contributed by atoms with Gasteiger partial charge >= 0.3 is 5.97 Å². The predicted molar refractivity (Wildman–Crippen MR) is 112 cm³/mol. The summed E-state index contributed by atoms with van der Waals surface area (Å²) in [6, 6.07) is 10.1. The topological polar surface area (TPSA) is 59.4 Å². The van der Waals surface area contributed by atoms with E-state index in [0.29, 0.717) is 6.42 Å². The van der Waals surface area contributed by atoms with Crippen molar-refractivity contribution in [2.75, 3.05) is 0 Å². The molecule has 0 amide bonds. The molecule has 1 aliphatic heterocycles. The van der Waals surface area contributed by atoms with E-state index < -0.39 is 5.97 Å². The van der Waals surface area contributed by atoms with Gasteiger partial charge < -0.3 is 9.84 Å². The highest BCUT2D eigenvalue weighted by atomic mass is 16.5. The lowest BCUT2D eigenvalue weighted by molar-refractivity contribution is -0.136. The molecule has 0 bridgehead atoms. The minimum absolute atomic E-state index is 0.0709. The van der Waals surface area contributed by atoms with E-state index in [1.165, 1.54) is 22.3 Å². The molecule has 3 rings (SSSR count). The fourth-order valence-corrected chi connectivity index (χ4v) is 3.82. The number of hydrogen-bond acceptors (Lipinski definition) is 3. The molecule has 0 saturated heterocycles. The monoisotopic (exact) mass is 377 g/mol. The number of benzene rings is 1. The average Bonchev–Trinajstić information content (AvgIpc) is 2.65. The standard InChI is InChI=1S/C24H27NO3/c1-15-6-5-7-16(2)24(15)18(4)14-17(3)21-12-10-20-22(28-21)11-8-19(25-20)9-13-23(26)27/h5-8,11,14,21H,3,9-10,12-13H2,1-2,4H3,(H,26,27). The highest BCUT2D eigenvalue weighted by Crippen LogP contribution is 2.31. The van der Waals surface area contributed by atoms with Crippen LogP contribution < -0.4 is 4.74 Å². The average molecular weight is 377 g/mol. The van der Waals surface area contributed by atoms with Crippen molar-refractivity contribution >= 4 is 11.5 Å². The number of aliphatic carboxylic acids is 1. The van der Waals surface area contributed by atoms with Gasteiger partial charge in [-0.2, -0.15) is 0 Å². The van der Waals surface area contributed by atoms with Crippen molar-refractivity contribution in [3.05, 3.63) is 76.6 Å². The maximum absolute atomic E-state index is 10.7. The number of fused-ring (bicyclic) bond motifs is 1. The van der Waals surface area contributed by atoms with Crippen LogP contribution in [0, 0.1) is 13.8 Å². The second kappa shape index (κ2) is 8.42. The lowest BCUT2D eigenvalue weighted by Gasteiger charge is -2.26. The number of aryl methyl sites for hydroxylation is 4. The Hall–Kier alpha value is -2.88. The number of hydrogen-bond donors (Lipinski definition) is 1. The molecule has 28 heavy (non-hydrogen) atoms. The summed E-state index contributed by atoms with van der Waals surface area (Å²) in [4.78, 5) is 15.3. The summed E-state index contributed by atoms with van der Waals surface area (Å²) in [5.41, 5.74) is 7.64. The summed E-state index contributed by atoms with van der Waals surface area (Å²) in [7, 11) is 0. The zero-order valence-corrected chi connectivity index (χ0v) is 16.8. The molecule has 146 valence electrons. The molecule has 0 radical (unpaired) electrons. The van der Waals surface area contributed by atoms with Crippen molar-refractivity contribution in [3.63, 3.8) is 0 Å². The Balaban J connectivity index is 1.73. The lowest BCUT2D eigenvalue weighted by atomic mass is 9.93. The van der Waals surface area contributed by atoms with Crippen molar-refractivity contribution in [2.24, 2.45) is 0 Å². The van der Waals surface area contributed by atoms with E-state index in [9.17, 15) is 4.79 Å². The van der Waals surface area contributed by atoms with E-state index >= 15 is 0 Å². The van der Waals surface area contributed by atoms with E-state index in [2.05, 4.69) is 56.6 Å². The highest BCUT2D eigenvalue weighted by molar-refractivity contribution is 5.71. The molecule has 4 nitrogen and oxygen atoms in total. The molecular weight excluding hydrogens is 350 g/mol. The molecule has 1 unspecified atom stereocenters. The molecule has 0 spiro atoms. The van der Waals surface area contributed by atoms with Crippen molar-refractivity contribution in [2.45, 2.75) is 52.6 Å². The predicted octanol–water partition coefficient (Wildman–Crippen LogP) is 5.07. The molecule has 1 atom stereocenters. The first-order chi connectivity index (χ1) is 13.3. The van der Waals surface area contributed by atoms with E-state index in [0.717, 1.165) is 35.6 Å². The SMILES string of the molecule is C=C(C=C(C)c1c(C)cccc1C)C1CCc2nc(CCC(=O)O)ccc2O1. The normalized spacial score (nSPS) is 16.2. The third kappa shape index (κ3) is 4.50. The van der Waals surface area contributed by atoms with Crippen LogP contribution in [-0.4, -0.2) is 22.2 Å². The van der Waals surface area contributed by atoms with Crippen molar-refractivity contribution in [1.82, 2.24) is 4.98 Å². The second-order valence-corrected chi connectivity index (χ2v) is 7.46. The van der Waals surface area contributed by atoms with Gasteiger partial charge in [-0.15, -0.1) is 0 Å². The Bertz CT molecular complexity index is 923. The van der Waals surface area contributed by atoms with Crippen LogP contribution in [0.15, 0.2) is 48.6 Å². The van der Waals surface area contributed by atoms with Crippen LogP contribution in [0.5, 0.6) is 5.75 Å². The number of carboxylic acid groups (broad SMARTS) is 1. The van der Waals surface area contributed by atoms with Gasteiger partial charge in [-0.1, -0.05) is 30.9 Å². The highest BCUT2D eigenvalue weighted by Gasteiger charge is 2.23. The summed E-state index contributed by atoms with van der Waals surface area (Å²) >= 11 is 0. The summed E-state index contributed by atoms with van der Waals surface area (Å²) in [5.74, 6) is -0.0345. The van der Waals surface area contributed by atoms with Crippen molar-refractivity contribution in [3.8, 4) is 5.75 Å². The Morgan fingerprint density at radius 1 is 1.29 bits per heavy atom.